The number of carbonyl (C=O) groups is 2. The van der Waals surface area contributed by atoms with E-state index in [0.29, 0.717) is 13.2 Å². The van der Waals surface area contributed by atoms with Gasteiger partial charge in [0.1, 0.15) is 6.54 Å². The largest absolute Gasteiger partial charge is 0.465 e. The molecule has 0 rings (SSSR count). The normalized spacial score (nSPS) is 9.62. The van der Waals surface area contributed by atoms with E-state index >= 15 is 0 Å². The first-order valence-corrected chi connectivity index (χ1v) is 5.63. The van der Waals surface area contributed by atoms with Crippen LogP contribution in [0.15, 0.2) is 0 Å². The van der Waals surface area contributed by atoms with Crippen LogP contribution in [0.2, 0.25) is 0 Å². The number of esters is 1. The highest BCUT2D eigenvalue weighted by Crippen LogP contribution is 1.98. The fraction of sp³-hybridized carbons (Fsp3) is 0.700. The Hall–Kier alpha value is -1.17. The predicted molar refractivity (Wildman–Crippen MR) is 64.9 cm³/mol. The third-order valence-electron chi connectivity index (χ3n) is 1.80. The van der Waals surface area contributed by atoms with E-state index < -0.39 is 5.97 Å². The highest BCUT2D eigenvalue weighted by Gasteiger charge is 2.17. The topological polar surface area (TPSA) is 72.6 Å². The number of ether oxygens (including phenoxy) is 1. The van der Waals surface area contributed by atoms with E-state index in [1.165, 1.54) is 4.90 Å². The van der Waals surface area contributed by atoms with Gasteiger partial charge >= 0.3 is 5.97 Å². The minimum atomic E-state index is -0.410. The number of nitrogens with two attached hydrogens (primary N) is 1. The second-order valence-corrected chi connectivity index (χ2v) is 3.79. The maximum Gasteiger partial charge on any atom is 0.325 e. The summed E-state index contributed by atoms with van der Waals surface area (Å²) in [6, 6.07) is 0. The summed E-state index contributed by atoms with van der Waals surface area (Å²) in [6.07, 6.45) is 0.761. The van der Waals surface area contributed by atoms with E-state index in [9.17, 15) is 9.59 Å². The van der Waals surface area contributed by atoms with Crippen molar-refractivity contribution in [3.63, 3.8) is 0 Å². The molecule has 0 saturated carbocycles. The molecule has 92 valence electrons. The zero-order valence-electron chi connectivity index (χ0n) is 9.69. The van der Waals surface area contributed by atoms with Crippen LogP contribution in [-0.4, -0.2) is 41.5 Å². The molecule has 0 aromatic carbocycles. The molecular formula is C10H18N2O3S. The van der Waals surface area contributed by atoms with Crippen LogP contribution in [0.3, 0.4) is 0 Å². The van der Waals surface area contributed by atoms with Gasteiger partial charge in [0.25, 0.3) is 0 Å². The molecule has 0 spiro atoms. The highest BCUT2D eigenvalue weighted by atomic mass is 32.1. The molecule has 0 bridgehead atoms. The summed E-state index contributed by atoms with van der Waals surface area (Å²) in [7, 11) is 0. The number of thiocarbonyl (C=S) groups is 1. The van der Waals surface area contributed by atoms with Crippen molar-refractivity contribution in [3.05, 3.63) is 0 Å². The van der Waals surface area contributed by atoms with Crippen LogP contribution < -0.4 is 5.73 Å². The predicted octanol–water partition coefficient (Wildman–Crippen LogP) is 0.464. The molecule has 0 aliphatic heterocycles. The Morgan fingerprint density at radius 2 is 2.00 bits per heavy atom. The summed E-state index contributed by atoms with van der Waals surface area (Å²) < 4.78 is 4.78. The zero-order valence-corrected chi connectivity index (χ0v) is 10.5. The van der Waals surface area contributed by atoms with Crippen LogP contribution in [0.5, 0.6) is 0 Å². The van der Waals surface area contributed by atoms with Gasteiger partial charge in [0.15, 0.2) is 0 Å². The molecule has 16 heavy (non-hydrogen) atoms. The smallest absolute Gasteiger partial charge is 0.325 e. The lowest BCUT2D eigenvalue weighted by atomic mass is 10.3. The number of carbonyl (C=O) groups excluding carboxylic acids is 2. The molecule has 0 fully saturated rings. The standard InChI is InChI=1S/C10H18N2O3S/c1-3-5-12(7-10(14)15-4-2)9(13)6-8(11)16/h3-7H2,1-2H3,(H2,11,16). The summed E-state index contributed by atoms with van der Waals surface area (Å²) in [5, 5.41) is 0. The van der Waals surface area contributed by atoms with E-state index in [1.54, 1.807) is 6.92 Å². The maximum absolute atomic E-state index is 11.6. The molecule has 0 aliphatic rings. The molecule has 0 aromatic rings. The van der Waals surface area contributed by atoms with Gasteiger partial charge in [0, 0.05) is 6.54 Å². The van der Waals surface area contributed by atoms with Gasteiger partial charge in [0.2, 0.25) is 5.91 Å². The molecule has 2 N–H and O–H groups in total. The Bertz CT molecular complexity index is 269. The summed E-state index contributed by atoms with van der Waals surface area (Å²) in [4.78, 5) is 24.4. The molecular weight excluding hydrogens is 228 g/mol. The Morgan fingerprint density at radius 1 is 1.38 bits per heavy atom. The van der Waals surface area contributed by atoms with Crippen LogP contribution in [0.25, 0.3) is 0 Å². The van der Waals surface area contributed by atoms with Gasteiger partial charge in [-0.15, -0.1) is 0 Å². The van der Waals surface area contributed by atoms with Gasteiger partial charge in [-0.05, 0) is 13.3 Å². The molecule has 1 amide bonds. The number of amides is 1. The van der Waals surface area contributed by atoms with Gasteiger partial charge < -0.3 is 15.4 Å². The van der Waals surface area contributed by atoms with Crippen molar-refractivity contribution < 1.29 is 14.3 Å². The first-order valence-electron chi connectivity index (χ1n) is 5.22. The van der Waals surface area contributed by atoms with Crippen LogP contribution >= 0.6 is 12.2 Å². The Labute approximate surface area is 101 Å². The third kappa shape index (κ3) is 6.34. The molecule has 0 aromatic heterocycles. The van der Waals surface area contributed by atoms with Gasteiger partial charge in [-0.3, -0.25) is 9.59 Å². The van der Waals surface area contributed by atoms with Gasteiger partial charge in [-0.25, -0.2) is 0 Å². The van der Waals surface area contributed by atoms with Gasteiger partial charge in [-0.2, -0.15) is 0 Å². The fourth-order valence-electron chi connectivity index (χ4n) is 1.19. The van der Waals surface area contributed by atoms with Crippen molar-refractivity contribution in [1.29, 1.82) is 0 Å². The Balaban J connectivity index is 4.30. The first-order chi connectivity index (χ1) is 7.51. The van der Waals surface area contributed by atoms with Crippen LogP contribution in [0, 0.1) is 0 Å². The maximum atomic E-state index is 11.6. The van der Waals surface area contributed by atoms with Crippen molar-refractivity contribution >= 4 is 29.1 Å². The first kappa shape index (κ1) is 14.8. The summed E-state index contributed by atoms with van der Waals surface area (Å²) >= 11 is 4.65. The number of hydrogen-bond acceptors (Lipinski definition) is 4. The minimum absolute atomic E-state index is 0.00522. The molecule has 0 unspecified atom stereocenters. The molecule has 6 heteroatoms. The number of rotatable bonds is 7. The minimum Gasteiger partial charge on any atom is -0.465 e. The molecule has 5 nitrogen and oxygen atoms in total. The quantitative estimate of drug-likeness (QED) is 0.522. The second kappa shape index (κ2) is 8.04. The molecule has 0 radical (unpaired) electrons. The van der Waals surface area contributed by atoms with Crippen LogP contribution in [-0.2, 0) is 14.3 Å². The second-order valence-electron chi connectivity index (χ2n) is 3.26. The fourth-order valence-corrected chi connectivity index (χ4v) is 1.31. The van der Waals surface area contributed by atoms with Crippen molar-refractivity contribution in [1.82, 2.24) is 4.90 Å². The average molecular weight is 246 g/mol. The lowest BCUT2D eigenvalue weighted by molar-refractivity contribution is -0.148. The summed E-state index contributed by atoms with van der Waals surface area (Å²) in [5.74, 6) is -0.644. The Kier molecular flexibility index (Phi) is 7.45. The van der Waals surface area contributed by atoms with E-state index in [2.05, 4.69) is 12.2 Å². The Morgan fingerprint density at radius 3 is 2.44 bits per heavy atom. The summed E-state index contributed by atoms with van der Waals surface area (Å²) in [6.45, 7) is 4.41. The van der Waals surface area contributed by atoms with Crippen molar-refractivity contribution in [3.8, 4) is 0 Å². The molecule has 0 saturated heterocycles. The van der Waals surface area contributed by atoms with Crippen molar-refractivity contribution in [2.75, 3.05) is 19.7 Å². The zero-order chi connectivity index (χ0) is 12.6. The summed E-state index contributed by atoms with van der Waals surface area (Å²) in [5.41, 5.74) is 5.28. The van der Waals surface area contributed by atoms with E-state index in [0.717, 1.165) is 6.42 Å². The van der Waals surface area contributed by atoms with E-state index in [-0.39, 0.29) is 23.9 Å². The van der Waals surface area contributed by atoms with Crippen molar-refractivity contribution in [2.24, 2.45) is 5.73 Å². The molecule has 0 atom stereocenters. The number of nitrogens with zero attached hydrogens (tertiary/aromatic N) is 1. The van der Waals surface area contributed by atoms with E-state index in [1.807, 2.05) is 6.92 Å². The van der Waals surface area contributed by atoms with Crippen molar-refractivity contribution in [2.45, 2.75) is 26.7 Å². The van der Waals surface area contributed by atoms with Crippen LogP contribution in [0.1, 0.15) is 26.7 Å². The SMILES string of the molecule is CCCN(CC(=O)OCC)C(=O)CC(N)=S. The molecule has 0 heterocycles. The number of hydrogen-bond donors (Lipinski definition) is 1. The molecule has 0 aliphatic carbocycles. The average Bonchev–Trinajstić information content (AvgIpc) is 2.16. The lowest BCUT2D eigenvalue weighted by Gasteiger charge is -2.20. The van der Waals surface area contributed by atoms with Gasteiger partial charge in [-0.1, -0.05) is 19.1 Å². The van der Waals surface area contributed by atoms with Crippen LogP contribution in [0.4, 0.5) is 0 Å². The monoisotopic (exact) mass is 246 g/mol. The lowest BCUT2D eigenvalue weighted by Crippen LogP contribution is -2.38. The van der Waals surface area contributed by atoms with E-state index in [4.69, 9.17) is 10.5 Å². The highest BCUT2D eigenvalue weighted by molar-refractivity contribution is 7.80. The van der Waals surface area contributed by atoms with Gasteiger partial charge in [0.05, 0.1) is 18.0 Å². The third-order valence-corrected chi connectivity index (χ3v) is 1.94.